The lowest BCUT2D eigenvalue weighted by atomic mass is 10.1. The Morgan fingerprint density at radius 2 is 2.10 bits per heavy atom. The Morgan fingerprint density at radius 3 is 2.65 bits per heavy atom. The number of primary amides is 1. The van der Waals surface area contributed by atoms with Crippen molar-refractivity contribution in [3.05, 3.63) is 40.3 Å². The van der Waals surface area contributed by atoms with Crippen molar-refractivity contribution < 1.29 is 9.53 Å². The fraction of sp³-hybridized carbons (Fsp3) is 0.286. The van der Waals surface area contributed by atoms with Gasteiger partial charge < -0.3 is 15.0 Å². The standard InChI is InChI=1S/C14H16BrN3O2/c1-9-11(14(16)19)12(15)13(18(9)7-8-20-2)10-3-5-17-6-4-10/h3-6H,7-8H2,1-2H3,(H2,16,19). The van der Waals surface area contributed by atoms with Crippen LogP contribution in [0.25, 0.3) is 11.3 Å². The number of nitrogens with two attached hydrogens (primary N) is 1. The van der Waals surface area contributed by atoms with Crippen LogP contribution in [0.15, 0.2) is 29.0 Å². The van der Waals surface area contributed by atoms with E-state index in [-0.39, 0.29) is 0 Å². The lowest BCUT2D eigenvalue weighted by molar-refractivity contribution is 0.0998. The average Bonchev–Trinajstić information content (AvgIpc) is 2.68. The predicted molar refractivity (Wildman–Crippen MR) is 80.5 cm³/mol. The summed E-state index contributed by atoms with van der Waals surface area (Å²) in [5, 5.41) is 0. The molecular formula is C14H16BrN3O2. The summed E-state index contributed by atoms with van der Waals surface area (Å²) in [7, 11) is 1.65. The molecule has 2 rings (SSSR count). The van der Waals surface area contributed by atoms with Crippen LogP contribution in [0.4, 0.5) is 0 Å². The summed E-state index contributed by atoms with van der Waals surface area (Å²) in [6, 6.07) is 3.79. The van der Waals surface area contributed by atoms with Crippen LogP contribution in [0.2, 0.25) is 0 Å². The summed E-state index contributed by atoms with van der Waals surface area (Å²) >= 11 is 3.50. The molecule has 0 bridgehead atoms. The van der Waals surface area contributed by atoms with Gasteiger partial charge in [0.05, 0.1) is 22.3 Å². The topological polar surface area (TPSA) is 70.1 Å². The summed E-state index contributed by atoms with van der Waals surface area (Å²) in [5.74, 6) is -0.444. The highest BCUT2D eigenvalue weighted by Crippen LogP contribution is 2.35. The largest absolute Gasteiger partial charge is 0.383 e. The normalized spacial score (nSPS) is 10.8. The number of hydrogen-bond acceptors (Lipinski definition) is 3. The number of methoxy groups -OCH3 is 1. The van der Waals surface area contributed by atoms with Crippen LogP contribution in [0.5, 0.6) is 0 Å². The van der Waals surface area contributed by atoms with E-state index in [0.29, 0.717) is 23.2 Å². The molecule has 0 fully saturated rings. The van der Waals surface area contributed by atoms with Gasteiger partial charge in [0.1, 0.15) is 0 Å². The van der Waals surface area contributed by atoms with Crippen LogP contribution in [0.1, 0.15) is 16.1 Å². The zero-order valence-corrected chi connectivity index (χ0v) is 13.0. The number of amides is 1. The van der Waals surface area contributed by atoms with Crippen molar-refractivity contribution in [3.63, 3.8) is 0 Å². The molecule has 20 heavy (non-hydrogen) atoms. The molecule has 0 unspecified atom stereocenters. The second kappa shape index (κ2) is 6.19. The predicted octanol–water partition coefficient (Wildman–Crippen LogP) is 2.37. The minimum atomic E-state index is -0.444. The molecule has 0 radical (unpaired) electrons. The molecule has 0 aliphatic rings. The highest BCUT2D eigenvalue weighted by Gasteiger charge is 2.22. The maximum absolute atomic E-state index is 11.6. The van der Waals surface area contributed by atoms with Gasteiger partial charge in [0.25, 0.3) is 5.91 Å². The Hall–Kier alpha value is -1.66. The molecule has 2 heterocycles. The molecular weight excluding hydrogens is 322 g/mol. The second-order valence-corrected chi connectivity index (χ2v) is 5.16. The minimum absolute atomic E-state index is 0.444. The second-order valence-electron chi connectivity index (χ2n) is 4.37. The van der Waals surface area contributed by atoms with Gasteiger partial charge in [-0.25, -0.2) is 0 Å². The highest BCUT2D eigenvalue weighted by molar-refractivity contribution is 9.10. The third kappa shape index (κ3) is 2.62. The van der Waals surface area contributed by atoms with E-state index >= 15 is 0 Å². The Bertz CT molecular complexity index is 623. The van der Waals surface area contributed by atoms with Crippen molar-refractivity contribution >= 4 is 21.8 Å². The van der Waals surface area contributed by atoms with Crippen molar-refractivity contribution in [1.29, 1.82) is 0 Å². The molecule has 0 saturated heterocycles. The third-order valence-electron chi connectivity index (χ3n) is 3.18. The lowest BCUT2D eigenvalue weighted by Gasteiger charge is -2.11. The summed E-state index contributed by atoms with van der Waals surface area (Å²) in [5.41, 5.74) is 8.70. The number of ether oxygens (including phenoxy) is 1. The number of carbonyl (C=O) groups is 1. The molecule has 0 atom stereocenters. The zero-order valence-electron chi connectivity index (χ0n) is 11.4. The number of carbonyl (C=O) groups excluding carboxylic acids is 1. The fourth-order valence-electron chi connectivity index (χ4n) is 2.24. The van der Waals surface area contributed by atoms with Gasteiger partial charge in [-0.15, -0.1) is 0 Å². The molecule has 2 aromatic rings. The highest BCUT2D eigenvalue weighted by atomic mass is 79.9. The monoisotopic (exact) mass is 337 g/mol. The van der Waals surface area contributed by atoms with E-state index in [1.165, 1.54) is 0 Å². The number of nitrogens with zero attached hydrogens (tertiary/aromatic N) is 2. The first-order chi connectivity index (χ1) is 9.57. The first-order valence-electron chi connectivity index (χ1n) is 6.15. The molecule has 1 amide bonds. The van der Waals surface area contributed by atoms with Gasteiger partial charge in [0.2, 0.25) is 0 Å². The maximum atomic E-state index is 11.6. The molecule has 0 aliphatic heterocycles. The van der Waals surface area contributed by atoms with E-state index in [1.54, 1.807) is 19.5 Å². The average molecular weight is 338 g/mol. The van der Waals surface area contributed by atoms with Crippen LogP contribution in [0.3, 0.4) is 0 Å². The van der Waals surface area contributed by atoms with Gasteiger partial charge in [0.15, 0.2) is 0 Å². The van der Waals surface area contributed by atoms with Crippen molar-refractivity contribution in [2.24, 2.45) is 5.73 Å². The van der Waals surface area contributed by atoms with Gasteiger partial charge in [-0.05, 0) is 35.0 Å². The molecule has 106 valence electrons. The van der Waals surface area contributed by atoms with E-state index in [0.717, 1.165) is 17.0 Å². The van der Waals surface area contributed by atoms with Crippen molar-refractivity contribution in [3.8, 4) is 11.3 Å². The van der Waals surface area contributed by atoms with E-state index in [2.05, 4.69) is 20.9 Å². The van der Waals surface area contributed by atoms with E-state index in [1.807, 2.05) is 23.6 Å². The summed E-state index contributed by atoms with van der Waals surface area (Å²) in [6.45, 7) is 3.08. The van der Waals surface area contributed by atoms with Crippen molar-refractivity contribution in [1.82, 2.24) is 9.55 Å². The van der Waals surface area contributed by atoms with Gasteiger partial charge in [-0.1, -0.05) is 0 Å². The number of pyridine rings is 1. The zero-order chi connectivity index (χ0) is 14.7. The molecule has 2 aromatic heterocycles. The van der Waals surface area contributed by atoms with Crippen LogP contribution in [0, 0.1) is 6.92 Å². The van der Waals surface area contributed by atoms with Crippen molar-refractivity contribution in [2.45, 2.75) is 13.5 Å². The fourth-order valence-corrected chi connectivity index (χ4v) is 3.16. The number of rotatable bonds is 5. The summed E-state index contributed by atoms with van der Waals surface area (Å²) in [6.07, 6.45) is 3.43. The van der Waals surface area contributed by atoms with E-state index in [4.69, 9.17) is 10.5 Å². The van der Waals surface area contributed by atoms with Crippen LogP contribution in [-0.2, 0) is 11.3 Å². The van der Waals surface area contributed by atoms with E-state index in [9.17, 15) is 4.79 Å². The Balaban J connectivity index is 2.64. The first kappa shape index (κ1) is 14.7. The summed E-state index contributed by atoms with van der Waals surface area (Å²) in [4.78, 5) is 15.7. The van der Waals surface area contributed by atoms with Gasteiger partial charge in [0, 0.05) is 37.3 Å². The molecule has 0 spiro atoms. The Morgan fingerprint density at radius 1 is 1.45 bits per heavy atom. The quantitative estimate of drug-likeness (QED) is 0.910. The molecule has 0 aliphatic carbocycles. The SMILES string of the molecule is COCCn1c(C)c(C(N)=O)c(Br)c1-c1ccncc1. The van der Waals surface area contributed by atoms with Crippen LogP contribution >= 0.6 is 15.9 Å². The lowest BCUT2D eigenvalue weighted by Crippen LogP contribution is -2.13. The Labute approximate surface area is 125 Å². The van der Waals surface area contributed by atoms with Gasteiger partial charge in [-0.2, -0.15) is 0 Å². The summed E-state index contributed by atoms with van der Waals surface area (Å²) < 4.78 is 7.88. The smallest absolute Gasteiger partial charge is 0.251 e. The number of aromatic nitrogens is 2. The van der Waals surface area contributed by atoms with E-state index < -0.39 is 5.91 Å². The molecule has 0 saturated carbocycles. The molecule has 0 aromatic carbocycles. The third-order valence-corrected chi connectivity index (χ3v) is 3.96. The van der Waals surface area contributed by atoms with Gasteiger partial charge in [-0.3, -0.25) is 9.78 Å². The molecule has 2 N–H and O–H groups in total. The van der Waals surface area contributed by atoms with Crippen molar-refractivity contribution in [2.75, 3.05) is 13.7 Å². The first-order valence-corrected chi connectivity index (χ1v) is 6.95. The van der Waals surface area contributed by atoms with Gasteiger partial charge >= 0.3 is 0 Å². The number of hydrogen-bond donors (Lipinski definition) is 1. The minimum Gasteiger partial charge on any atom is -0.383 e. The maximum Gasteiger partial charge on any atom is 0.251 e. The van der Waals surface area contributed by atoms with Crippen LogP contribution in [-0.4, -0.2) is 29.2 Å². The van der Waals surface area contributed by atoms with Crippen LogP contribution < -0.4 is 5.73 Å². The number of halogens is 1. The Kier molecular flexibility index (Phi) is 4.57. The molecule has 5 nitrogen and oxygen atoms in total. The molecule has 6 heteroatoms.